The maximum Gasteiger partial charge on any atom is 0.0698 e. The molecule has 0 N–H and O–H groups in total. The van der Waals surface area contributed by atoms with E-state index in [2.05, 4.69) is 96.9 Å². The first-order valence-electron chi connectivity index (χ1n) is 12.0. The summed E-state index contributed by atoms with van der Waals surface area (Å²) >= 11 is 0. The summed E-state index contributed by atoms with van der Waals surface area (Å²) in [6.07, 6.45) is 5.09. The molecule has 5 heteroatoms. The third kappa shape index (κ3) is 13.9. The van der Waals surface area contributed by atoms with Crippen LogP contribution in [0.15, 0.2) is 9.98 Å². The third-order valence-corrected chi connectivity index (χ3v) is 15.0. The van der Waals surface area contributed by atoms with Gasteiger partial charge in [0.15, 0.2) is 0 Å². The van der Waals surface area contributed by atoms with Gasteiger partial charge in [0.1, 0.15) is 0 Å². The molecule has 0 bridgehead atoms. The molecular formula is C26H56N2NiP2+2. The van der Waals surface area contributed by atoms with Crippen molar-refractivity contribution in [1.82, 2.24) is 0 Å². The predicted octanol–water partition coefficient (Wildman–Crippen LogP) is 8.31. The fraction of sp³-hybridized carbons (Fsp3) is 0.923. The first kappa shape index (κ1) is 33.9. The second-order valence-electron chi connectivity index (χ2n) is 13.1. The van der Waals surface area contributed by atoms with Crippen molar-refractivity contribution in [3.63, 3.8) is 0 Å². The van der Waals surface area contributed by atoms with Crippen molar-refractivity contribution in [2.45, 2.75) is 130 Å². The van der Waals surface area contributed by atoms with Gasteiger partial charge in [-0.05, 0) is 96.9 Å². The first-order valence-corrected chi connectivity index (χ1v) is 15.5. The number of hydrogen-bond acceptors (Lipinski definition) is 2. The first-order chi connectivity index (χ1) is 13.3. The zero-order chi connectivity index (χ0) is 24.0. The van der Waals surface area contributed by atoms with Crippen LogP contribution < -0.4 is 0 Å². The average Bonchev–Trinajstić information content (AvgIpc) is 2.48. The quantitative estimate of drug-likeness (QED) is 0.127. The van der Waals surface area contributed by atoms with Gasteiger partial charge < -0.3 is 0 Å². The van der Waals surface area contributed by atoms with E-state index in [1.54, 1.807) is 0 Å². The van der Waals surface area contributed by atoms with E-state index in [9.17, 15) is 0 Å². The molecule has 0 aromatic rings. The van der Waals surface area contributed by atoms with E-state index >= 15 is 0 Å². The Bertz CT molecular complexity index is 490. The molecule has 0 atom stereocenters. The Hall–Kier alpha value is 0.694. The van der Waals surface area contributed by atoms with Crippen molar-refractivity contribution >= 4 is 27.3 Å². The van der Waals surface area contributed by atoms with Crippen LogP contribution in [0.5, 0.6) is 0 Å². The normalized spacial score (nSPS) is 15.0. The number of aliphatic imine (C=N–C) groups is 2. The molecule has 0 spiro atoms. The van der Waals surface area contributed by atoms with Crippen LogP contribution in [0.4, 0.5) is 0 Å². The molecule has 0 unspecified atom stereocenters. The second kappa shape index (κ2) is 13.5. The molecule has 0 heterocycles. The second-order valence-corrected chi connectivity index (χ2v) is 22.0. The Morgan fingerprint density at radius 2 is 0.742 bits per heavy atom. The zero-order valence-electron chi connectivity index (χ0n) is 23.5. The minimum atomic E-state index is -0.439. The van der Waals surface area contributed by atoms with Crippen molar-refractivity contribution in [3.05, 3.63) is 0 Å². The predicted molar refractivity (Wildman–Crippen MR) is 151 cm³/mol. The molecule has 0 amide bonds. The Kier molecular flexibility index (Phi) is 14.8. The smallest absolute Gasteiger partial charge is 0.0698 e. The van der Waals surface area contributed by atoms with Crippen LogP contribution in [0.3, 0.4) is 0 Å². The summed E-state index contributed by atoms with van der Waals surface area (Å²) in [5.41, 5.74) is 2.26. The summed E-state index contributed by atoms with van der Waals surface area (Å²) in [5, 5.41) is 1.78. The molecule has 188 valence electrons. The number of nitrogens with zero attached hydrogens (tertiary/aromatic N) is 2. The van der Waals surface area contributed by atoms with Gasteiger partial charge in [0.25, 0.3) is 0 Å². The Morgan fingerprint density at radius 1 is 0.516 bits per heavy atom. The van der Waals surface area contributed by atoms with E-state index in [-0.39, 0.29) is 16.5 Å². The molecule has 31 heavy (non-hydrogen) atoms. The molecule has 0 aromatic heterocycles. The third-order valence-electron chi connectivity index (χ3n) is 6.01. The molecule has 0 saturated carbocycles. The molecule has 0 aromatic carbocycles. The summed E-state index contributed by atoms with van der Waals surface area (Å²) in [4.78, 5) is 9.72. The van der Waals surface area contributed by atoms with Gasteiger partial charge in [-0.1, -0.05) is 0 Å². The summed E-state index contributed by atoms with van der Waals surface area (Å²) in [6.45, 7) is 35.2. The van der Waals surface area contributed by atoms with E-state index in [0.29, 0.717) is 20.6 Å². The SMILES string of the molecule is CC(=NCCC[PH+](C(C)(C)C)C(C)(C)C)C(C)=NCCC[PH+](C(C)(C)C)C(C)(C)C.[Ni]. The van der Waals surface area contributed by atoms with E-state index in [0.717, 1.165) is 24.5 Å². The largest absolute Gasteiger partial charge is 0.288 e. The molecule has 0 rings (SSSR count). The summed E-state index contributed by atoms with van der Waals surface area (Å²) in [7, 11) is -0.879. The van der Waals surface area contributed by atoms with Crippen LogP contribution in [0.25, 0.3) is 0 Å². The van der Waals surface area contributed by atoms with Gasteiger partial charge in [-0.15, -0.1) is 0 Å². The molecular weight excluding hydrogens is 461 g/mol. The molecule has 0 fully saturated rings. The maximum absolute atomic E-state index is 4.86. The van der Waals surface area contributed by atoms with E-state index in [1.165, 1.54) is 25.2 Å². The van der Waals surface area contributed by atoms with E-state index in [4.69, 9.17) is 9.98 Å². The maximum atomic E-state index is 4.86. The van der Waals surface area contributed by atoms with Crippen molar-refractivity contribution in [3.8, 4) is 0 Å². The van der Waals surface area contributed by atoms with Gasteiger partial charge in [-0.2, -0.15) is 0 Å². The Morgan fingerprint density at radius 3 is 0.935 bits per heavy atom. The Labute approximate surface area is 209 Å². The number of hydrogen-bond donors (Lipinski definition) is 0. The number of rotatable bonds is 9. The van der Waals surface area contributed by atoms with Crippen LogP contribution in [-0.2, 0) is 16.5 Å². The average molecular weight is 517 g/mol. The summed E-state index contributed by atoms with van der Waals surface area (Å²) < 4.78 is 0. The van der Waals surface area contributed by atoms with Crippen LogP contribution in [0.2, 0.25) is 0 Å². The summed E-state index contributed by atoms with van der Waals surface area (Å²) in [5.74, 6) is 0. The van der Waals surface area contributed by atoms with Crippen LogP contribution in [0, 0.1) is 0 Å². The molecule has 0 saturated heterocycles. The van der Waals surface area contributed by atoms with Crippen LogP contribution in [-0.4, -0.2) is 57.5 Å². The van der Waals surface area contributed by atoms with E-state index < -0.39 is 15.8 Å². The van der Waals surface area contributed by atoms with Crippen LogP contribution in [0.1, 0.15) is 110 Å². The van der Waals surface area contributed by atoms with Gasteiger partial charge in [-0.3, -0.25) is 9.98 Å². The molecule has 0 aliphatic rings. The van der Waals surface area contributed by atoms with Crippen molar-refractivity contribution in [1.29, 1.82) is 0 Å². The van der Waals surface area contributed by atoms with Gasteiger partial charge in [0.05, 0.1) is 44.4 Å². The van der Waals surface area contributed by atoms with Gasteiger partial charge in [-0.25, -0.2) is 0 Å². The molecule has 0 aliphatic heterocycles. The monoisotopic (exact) mass is 516 g/mol. The van der Waals surface area contributed by atoms with Crippen molar-refractivity contribution in [2.24, 2.45) is 9.98 Å². The fourth-order valence-corrected chi connectivity index (χ4v) is 13.5. The van der Waals surface area contributed by atoms with Gasteiger partial charge in [0, 0.05) is 58.3 Å². The van der Waals surface area contributed by atoms with Crippen LogP contribution >= 0.6 is 15.8 Å². The minimum absolute atomic E-state index is 0. The minimum Gasteiger partial charge on any atom is -0.288 e. The zero-order valence-corrected chi connectivity index (χ0v) is 26.4. The fourth-order valence-electron chi connectivity index (χ4n) is 4.98. The topological polar surface area (TPSA) is 24.7 Å². The van der Waals surface area contributed by atoms with Crippen molar-refractivity contribution < 1.29 is 16.5 Å². The van der Waals surface area contributed by atoms with Gasteiger partial charge >= 0.3 is 0 Å². The standard InChI is InChI=1S/C26H54N2P2.Ni/c1-21(27-17-15-19-29(23(3,4)5)24(6,7)8)22(2)28-18-16-20-30(25(9,10)11)26(12,13)14;/h15-20H2,1-14H3;/p+2. The molecule has 0 radical (unpaired) electrons. The van der Waals surface area contributed by atoms with Gasteiger partial charge in [0.2, 0.25) is 0 Å². The molecule has 0 aliphatic carbocycles. The summed E-state index contributed by atoms with van der Waals surface area (Å²) in [6, 6.07) is 0. The van der Waals surface area contributed by atoms with Crippen molar-refractivity contribution in [2.75, 3.05) is 25.4 Å². The Balaban J connectivity index is 0. The van der Waals surface area contributed by atoms with E-state index in [1.807, 2.05) is 0 Å². The molecule has 2 nitrogen and oxygen atoms in total.